The fourth-order valence-electron chi connectivity index (χ4n) is 3.49. The minimum atomic E-state index is 0.00830. The number of rotatable bonds is 6. The van der Waals surface area contributed by atoms with Crippen LogP contribution in [0.25, 0.3) is 10.2 Å². The topological polar surface area (TPSA) is 58.2 Å². The van der Waals surface area contributed by atoms with Crippen molar-refractivity contribution in [1.82, 2.24) is 14.9 Å². The molecule has 4 rings (SSSR count). The fourth-order valence-corrected chi connectivity index (χ4v) is 4.77. The highest BCUT2D eigenvalue weighted by atomic mass is 32.1. The molecule has 1 aliphatic rings. The smallest absolute Gasteiger partial charge is 0.259 e. The summed E-state index contributed by atoms with van der Waals surface area (Å²) >= 11 is 1.68. The maximum absolute atomic E-state index is 12.5. The molecule has 0 radical (unpaired) electrons. The standard InChI is InChI=1S/C20H23N3O2S/c1-13-6-3-4-8-15(13)25-11-10-23(2)12-17-21-19(24)18-14-7-5-9-16(14)26-20(18)22-17/h3-4,6,8H,5,7,9-12H2,1-2H3,(H,21,22,24). The van der Waals surface area contributed by atoms with Gasteiger partial charge in [0, 0.05) is 11.4 Å². The van der Waals surface area contributed by atoms with Crippen LogP contribution in [0.1, 0.15) is 28.2 Å². The number of thiophene rings is 1. The van der Waals surface area contributed by atoms with Crippen LogP contribution < -0.4 is 10.3 Å². The lowest BCUT2D eigenvalue weighted by Gasteiger charge is -2.17. The predicted octanol–water partition coefficient (Wildman–Crippen LogP) is 3.29. The highest BCUT2D eigenvalue weighted by Gasteiger charge is 2.21. The van der Waals surface area contributed by atoms with Crippen LogP contribution in [0.4, 0.5) is 0 Å². The van der Waals surface area contributed by atoms with Crippen LogP contribution in [0.2, 0.25) is 0 Å². The molecule has 0 unspecified atom stereocenters. The molecule has 6 heteroatoms. The van der Waals surface area contributed by atoms with Gasteiger partial charge in [-0.15, -0.1) is 11.3 Å². The number of hydrogen-bond donors (Lipinski definition) is 1. The number of aryl methyl sites for hydroxylation is 3. The summed E-state index contributed by atoms with van der Waals surface area (Å²) in [6.07, 6.45) is 3.25. The Kier molecular flexibility index (Phi) is 4.78. The quantitative estimate of drug-likeness (QED) is 0.724. The Morgan fingerprint density at radius 2 is 2.15 bits per heavy atom. The number of nitrogens with zero attached hydrogens (tertiary/aromatic N) is 2. The van der Waals surface area contributed by atoms with Crippen molar-refractivity contribution in [3.05, 3.63) is 56.4 Å². The zero-order valence-corrected chi connectivity index (χ0v) is 16.0. The number of para-hydroxylation sites is 1. The molecule has 0 atom stereocenters. The van der Waals surface area contributed by atoms with E-state index in [-0.39, 0.29) is 5.56 Å². The maximum Gasteiger partial charge on any atom is 0.259 e. The largest absolute Gasteiger partial charge is 0.492 e. The molecular formula is C20H23N3O2S. The van der Waals surface area contributed by atoms with Crippen LogP contribution >= 0.6 is 11.3 Å². The molecule has 136 valence electrons. The molecule has 1 N–H and O–H groups in total. The van der Waals surface area contributed by atoms with E-state index in [4.69, 9.17) is 9.72 Å². The van der Waals surface area contributed by atoms with E-state index in [1.165, 1.54) is 10.4 Å². The summed E-state index contributed by atoms with van der Waals surface area (Å²) in [5.74, 6) is 1.64. The van der Waals surface area contributed by atoms with Crippen molar-refractivity contribution in [3.63, 3.8) is 0 Å². The van der Waals surface area contributed by atoms with Gasteiger partial charge >= 0.3 is 0 Å². The third-order valence-electron chi connectivity index (χ3n) is 4.87. The Balaban J connectivity index is 1.41. The van der Waals surface area contributed by atoms with Crippen molar-refractivity contribution in [2.75, 3.05) is 20.2 Å². The Labute approximate surface area is 156 Å². The second kappa shape index (κ2) is 7.21. The fraction of sp³-hybridized carbons (Fsp3) is 0.400. The number of aromatic amines is 1. The van der Waals surface area contributed by atoms with Crippen molar-refractivity contribution in [1.29, 1.82) is 0 Å². The zero-order valence-electron chi connectivity index (χ0n) is 15.2. The van der Waals surface area contributed by atoms with E-state index in [1.54, 1.807) is 11.3 Å². The monoisotopic (exact) mass is 369 g/mol. The van der Waals surface area contributed by atoms with Crippen molar-refractivity contribution < 1.29 is 4.74 Å². The lowest BCUT2D eigenvalue weighted by atomic mass is 10.2. The van der Waals surface area contributed by atoms with E-state index in [9.17, 15) is 4.79 Å². The number of aromatic nitrogens is 2. The van der Waals surface area contributed by atoms with Crippen LogP contribution in [0.3, 0.4) is 0 Å². The van der Waals surface area contributed by atoms with E-state index >= 15 is 0 Å². The lowest BCUT2D eigenvalue weighted by molar-refractivity contribution is 0.229. The van der Waals surface area contributed by atoms with Gasteiger partial charge in [0.1, 0.15) is 23.0 Å². The molecule has 1 aliphatic carbocycles. The number of benzene rings is 1. The first kappa shape index (κ1) is 17.2. The van der Waals surface area contributed by atoms with Crippen LogP contribution in [0.15, 0.2) is 29.1 Å². The van der Waals surface area contributed by atoms with E-state index in [0.717, 1.165) is 53.2 Å². The van der Waals surface area contributed by atoms with Gasteiger partial charge in [-0.3, -0.25) is 9.69 Å². The maximum atomic E-state index is 12.5. The Morgan fingerprint density at radius 1 is 1.31 bits per heavy atom. The SMILES string of the molecule is Cc1ccccc1OCCN(C)Cc1nc2sc3c(c2c(=O)[nH]1)CCC3. The van der Waals surface area contributed by atoms with Gasteiger partial charge in [-0.25, -0.2) is 4.98 Å². The van der Waals surface area contributed by atoms with Gasteiger partial charge in [0.25, 0.3) is 5.56 Å². The second-order valence-corrected chi connectivity index (χ2v) is 7.99. The Bertz CT molecular complexity index is 992. The summed E-state index contributed by atoms with van der Waals surface area (Å²) in [5, 5.41) is 0.816. The molecule has 0 saturated carbocycles. The van der Waals surface area contributed by atoms with Crippen molar-refractivity contribution >= 4 is 21.6 Å². The lowest BCUT2D eigenvalue weighted by Crippen LogP contribution is -2.26. The third kappa shape index (κ3) is 3.39. The second-order valence-electron chi connectivity index (χ2n) is 6.90. The summed E-state index contributed by atoms with van der Waals surface area (Å²) in [4.78, 5) is 24.5. The number of H-pyrrole nitrogens is 1. The van der Waals surface area contributed by atoms with Crippen LogP contribution in [-0.2, 0) is 19.4 Å². The molecule has 5 nitrogen and oxygen atoms in total. The summed E-state index contributed by atoms with van der Waals surface area (Å²) in [6, 6.07) is 8.01. The van der Waals surface area contributed by atoms with E-state index in [0.29, 0.717) is 13.2 Å². The highest BCUT2D eigenvalue weighted by Crippen LogP contribution is 2.34. The summed E-state index contributed by atoms with van der Waals surface area (Å²) < 4.78 is 5.85. The first-order valence-corrected chi connectivity index (χ1v) is 9.84. The summed E-state index contributed by atoms with van der Waals surface area (Å²) in [7, 11) is 2.01. The van der Waals surface area contributed by atoms with Crippen LogP contribution in [-0.4, -0.2) is 35.1 Å². The van der Waals surface area contributed by atoms with Gasteiger partial charge in [-0.2, -0.15) is 0 Å². The summed E-state index contributed by atoms with van der Waals surface area (Å²) in [6.45, 7) is 4.00. The molecule has 1 aromatic carbocycles. The molecule has 0 spiro atoms. The molecule has 2 heterocycles. The Hall–Kier alpha value is -2.18. The molecule has 0 aliphatic heterocycles. The molecule has 2 aromatic heterocycles. The van der Waals surface area contributed by atoms with Gasteiger partial charge in [-0.05, 0) is 50.4 Å². The first-order chi connectivity index (χ1) is 12.6. The number of fused-ring (bicyclic) bond motifs is 3. The average molecular weight is 369 g/mol. The Morgan fingerprint density at radius 3 is 3.00 bits per heavy atom. The van der Waals surface area contributed by atoms with E-state index in [1.807, 2.05) is 38.2 Å². The molecule has 3 aromatic rings. The third-order valence-corrected chi connectivity index (χ3v) is 6.05. The molecule has 0 fully saturated rings. The van der Waals surface area contributed by atoms with Gasteiger partial charge in [0.2, 0.25) is 0 Å². The summed E-state index contributed by atoms with van der Waals surface area (Å²) in [5.41, 5.74) is 2.37. The first-order valence-electron chi connectivity index (χ1n) is 9.02. The minimum absolute atomic E-state index is 0.00830. The van der Waals surface area contributed by atoms with Gasteiger partial charge in [0.15, 0.2) is 0 Å². The average Bonchev–Trinajstić information content (AvgIpc) is 3.17. The molecule has 0 bridgehead atoms. The van der Waals surface area contributed by atoms with Gasteiger partial charge < -0.3 is 9.72 Å². The zero-order chi connectivity index (χ0) is 18.1. The van der Waals surface area contributed by atoms with E-state index < -0.39 is 0 Å². The van der Waals surface area contributed by atoms with Crippen molar-refractivity contribution in [2.45, 2.75) is 32.7 Å². The van der Waals surface area contributed by atoms with Gasteiger partial charge in [-0.1, -0.05) is 18.2 Å². The number of ether oxygens (including phenoxy) is 1. The molecular weight excluding hydrogens is 346 g/mol. The number of likely N-dealkylation sites (N-methyl/N-ethyl adjacent to an activating group) is 1. The van der Waals surface area contributed by atoms with Crippen LogP contribution in [0, 0.1) is 6.92 Å². The van der Waals surface area contributed by atoms with Crippen LogP contribution in [0.5, 0.6) is 5.75 Å². The minimum Gasteiger partial charge on any atom is -0.492 e. The van der Waals surface area contributed by atoms with E-state index in [2.05, 4.69) is 9.88 Å². The van der Waals surface area contributed by atoms with Crippen molar-refractivity contribution in [3.8, 4) is 5.75 Å². The van der Waals surface area contributed by atoms with Gasteiger partial charge in [0.05, 0.1) is 11.9 Å². The molecule has 0 saturated heterocycles. The molecule has 26 heavy (non-hydrogen) atoms. The molecule has 0 amide bonds. The number of nitrogens with one attached hydrogen (secondary N) is 1. The predicted molar refractivity (Wildman–Crippen MR) is 105 cm³/mol. The normalized spacial score (nSPS) is 13.5. The highest BCUT2D eigenvalue weighted by molar-refractivity contribution is 7.18. The number of hydrogen-bond acceptors (Lipinski definition) is 5. The van der Waals surface area contributed by atoms with Crippen molar-refractivity contribution in [2.24, 2.45) is 0 Å².